The molecular weight excluding hydrogens is 450 g/mol. The third kappa shape index (κ3) is 2.62. The van der Waals surface area contributed by atoms with Crippen LogP contribution in [0.2, 0.25) is 13.1 Å². The molecule has 36 heavy (non-hydrogen) atoms. The second kappa shape index (κ2) is 6.95. The summed E-state index contributed by atoms with van der Waals surface area (Å²) in [5.41, 5.74) is 10.6. The van der Waals surface area contributed by atoms with E-state index >= 15 is 0 Å². The lowest BCUT2D eigenvalue weighted by molar-refractivity contribution is -0.00275. The summed E-state index contributed by atoms with van der Waals surface area (Å²) in [6, 6.07) is 21.7. The molecule has 1 heterocycles. The quantitative estimate of drug-likeness (QED) is 0.321. The van der Waals surface area contributed by atoms with Gasteiger partial charge in [-0.15, -0.1) is 0 Å². The molecular formula is C34H39NSi. The minimum atomic E-state index is -1.94. The number of benzene rings is 3. The summed E-state index contributed by atoms with van der Waals surface area (Å²) in [4.78, 5) is 2.52. The van der Waals surface area contributed by atoms with Crippen LogP contribution in [0.5, 0.6) is 0 Å². The molecule has 0 spiro atoms. The first kappa shape index (κ1) is 21.7. The van der Waals surface area contributed by atoms with E-state index in [0.29, 0.717) is 0 Å². The van der Waals surface area contributed by atoms with E-state index in [2.05, 4.69) is 93.5 Å². The van der Waals surface area contributed by atoms with Gasteiger partial charge in [-0.3, -0.25) is 0 Å². The molecule has 3 aromatic rings. The molecule has 0 N–H and O–H groups in total. The van der Waals surface area contributed by atoms with Crippen LogP contribution >= 0.6 is 0 Å². The Bertz CT molecular complexity index is 1400. The minimum Gasteiger partial charge on any atom is -0.345 e. The Morgan fingerprint density at radius 2 is 1.44 bits per heavy atom. The Kier molecular flexibility index (Phi) is 4.20. The van der Waals surface area contributed by atoms with Crippen molar-refractivity contribution in [2.45, 2.75) is 70.4 Å². The van der Waals surface area contributed by atoms with Crippen molar-refractivity contribution in [3.63, 3.8) is 0 Å². The molecule has 0 unspecified atom stereocenters. The molecule has 9 rings (SSSR count). The van der Waals surface area contributed by atoms with Gasteiger partial charge in [0, 0.05) is 23.8 Å². The van der Waals surface area contributed by atoms with E-state index in [9.17, 15) is 0 Å². The highest BCUT2D eigenvalue weighted by Gasteiger charge is 2.50. The van der Waals surface area contributed by atoms with Crippen LogP contribution in [0.3, 0.4) is 0 Å². The second-order valence-corrected chi connectivity index (χ2v) is 18.3. The molecule has 0 saturated heterocycles. The fraction of sp³-hybridized carbons (Fsp3) is 0.471. The van der Waals surface area contributed by atoms with Crippen LogP contribution < -0.4 is 15.3 Å². The van der Waals surface area contributed by atoms with E-state index < -0.39 is 8.07 Å². The van der Waals surface area contributed by atoms with Gasteiger partial charge in [-0.05, 0) is 112 Å². The molecule has 4 bridgehead atoms. The van der Waals surface area contributed by atoms with Crippen molar-refractivity contribution in [3.8, 4) is 11.1 Å². The average Bonchev–Trinajstić information content (AvgIpc) is 3.09. The summed E-state index contributed by atoms with van der Waals surface area (Å²) in [6.07, 6.45) is 7.53. The average molecular weight is 490 g/mol. The normalized spacial score (nSPS) is 31.6. The number of anilines is 2. The molecule has 1 aliphatic heterocycles. The molecule has 0 aromatic heterocycles. The van der Waals surface area contributed by atoms with Crippen molar-refractivity contribution in [1.29, 1.82) is 0 Å². The monoisotopic (exact) mass is 489 g/mol. The van der Waals surface area contributed by atoms with Gasteiger partial charge >= 0.3 is 0 Å². The van der Waals surface area contributed by atoms with Gasteiger partial charge < -0.3 is 4.90 Å². The van der Waals surface area contributed by atoms with Crippen molar-refractivity contribution in [3.05, 3.63) is 71.3 Å². The Hall–Kier alpha value is -2.32. The predicted molar refractivity (Wildman–Crippen MR) is 155 cm³/mol. The van der Waals surface area contributed by atoms with Gasteiger partial charge in [0.05, 0.1) is 0 Å². The number of fused-ring (bicyclic) bond motifs is 6. The number of hydrogen-bond acceptors (Lipinski definition) is 1. The van der Waals surface area contributed by atoms with Gasteiger partial charge in [0.1, 0.15) is 8.07 Å². The highest BCUT2D eigenvalue weighted by atomic mass is 28.3. The maximum absolute atomic E-state index is 2.72. The maximum atomic E-state index is 2.72. The highest BCUT2D eigenvalue weighted by molar-refractivity contribution is 7.03. The van der Waals surface area contributed by atoms with Crippen LogP contribution in [0.25, 0.3) is 11.1 Å². The lowest BCUT2D eigenvalue weighted by Gasteiger charge is -2.55. The van der Waals surface area contributed by atoms with Crippen molar-refractivity contribution >= 4 is 29.8 Å². The third-order valence-electron chi connectivity index (χ3n) is 11.4. The number of rotatable bonds is 1. The summed E-state index contributed by atoms with van der Waals surface area (Å²) < 4.78 is 0. The SMILES string of the molecule is CN1c2ccc(C3C4CC5CC(C4)CC3C5)cc2[Si](C)(C)c2c1ccc1c2C(C)(C)c2ccccc2-1. The molecule has 184 valence electrons. The van der Waals surface area contributed by atoms with Crippen LogP contribution in [0.4, 0.5) is 11.4 Å². The van der Waals surface area contributed by atoms with Gasteiger partial charge in [0.2, 0.25) is 0 Å². The smallest absolute Gasteiger partial charge is 0.118 e. The third-order valence-corrected chi connectivity index (χ3v) is 14.9. The minimum absolute atomic E-state index is 0.0406. The Morgan fingerprint density at radius 3 is 2.17 bits per heavy atom. The fourth-order valence-electron chi connectivity index (χ4n) is 10.1. The maximum Gasteiger partial charge on any atom is 0.118 e. The van der Waals surface area contributed by atoms with E-state index in [1.165, 1.54) is 60.2 Å². The first-order valence-corrected chi connectivity index (χ1v) is 17.4. The first-order valence-electron chi connectivity index (χ1n) is 14.4. The van der Waals surface area contributed by atoms with Gasteiger partial charge in [-0.2, -0.15) is 0 Å². The lowest BCUT2D eigenvalue weighted by atomic mass is 9.51. The summed E-state index contributed by atoms with van der Waals surface area (Å²) >= 11 is 0. The topological polar surface area (TPSA) is 3.24 Å². The highest BCUT2D eigenvalue weighted by Crippen LogP contribution is 2.60. The van der Waals surface area contributed by atoms with E-state index in [1.807, 2.05) is 0 Å². The molecule has 0 amide bonds. The van der Waals surface area contributed by atoms with Crippen molar-refractivity contribution in [2.24, 2.45) is 23.7 Å². The van der Waals surface area contributed by atoms with Crippen LogP contribution in [-0.2, 0) is 5.41 Å². The van der Waals surface area contributed by atoms with Gasteiger partial charge in [0.25, 0.3) is 0 Å². The zero-order chi connectivity index (χ0) is 24.6. The van der Waals surface area contributed by atoms with Crippen molar-refractivity contribution in [1.82, 2.24) is 0 Å². The van der Waals surface area contributed by atoms with E-state index in [0.717, 1.165) is 29.6 Å². The largest absolute Gasteiger partial charge is 0.345 e. The molecule has 4 fully saturated rings. The number of nitrogens with zero attached hydrogens (tertiary/aromatic N) is 1. The molecule has 2 heteroatoms. The Balaban J connectivity index is 1.30. The summed E-state index contributed by atoms with van der Waals surface area (Å²) in [7, 11) is 0.375. The molecule has 6 aliphatic rings. The Morgan fingerprint density at radius 1 is 0.778 bits per heavy atom. The van der Waals surface area contributed by atoms with Gasteiger partial charge in [0.15, 0.2) is 0 Å². The molecule has 4 saturated carbocycles. The summed E-state index contributed by atoms with van der Waals surface area (Å²) in [5, 5.41) is 3.35. The lowest BCUT2D eigenvalue weighted by Crippen LogP contribution is -2.61. The zero-order valence-corrected chi connectivity index (χ0v) is 23.6. The van der Waals surface area contributed by atoms with E-state index in [-0.39, 0.29) is 5.41 Å². The summed E-state index contributed by atoms with van der Waals surface area (Å²) in [6.45, 7) is 10.2. The molecule has 3 aromatic carbocycles. The fourth-order valence-corrected chi connectivity index (χ4v) is 13.7. The van der Waals surface area contributed by atoms with Crippen LogP contribution in [0.1, 0.15) is 68.6 Å². The molecule has 0 radical (unpaired) electrons. The Labute approximate surface area is 217 Å². The molecule has 5 aliphatic carbocycles. The van der Waals surface area contributed by atoms with Gasteiger partial charge in [-0.25, -0.2) is 0 Å². The zero-order valence-electron chi connectivity index (χ0n) is 22.6. The van der Waals surface area contributed by atoms with Crippen LogP contribution in [0.15, 0.2) is 54.6 Å². The second-order valence-electron chi connectivity index (χ2n) is 14.0. The van der Waals surface area contributed by atoms with E-state index in [1.54, 1.807) is 21.5 Å². The number of hydrogen-bond donors (Lipinski definition) is 0. The molecule has 0 atom stereocenters. The first-order chi connectivity index (χ1) is 17.2. The van der Waals surface area contributed by atoms with E-state index in [4.69, 9.17) is 0 Å². The van der Waals surface area contributed by atoms with Crippen LogP contribution in [-0.4, -0.2) is 15.1 Å². The van der Waals surface area contributed by atoms with Crippen molar-refractivity contribution in [2.75, 3.05) is 11.9 Å². The van der Waals surface area contributed by atoms with Gasteiger partial charge in [-0.1, -0.05) is 69.4 Å². The van der Waals surface area contributed by atoms with Crippen LogP contribution in [0, 0.1) is 23.7 Å². The summed E-state index contributed by atoms with van der Waals surface area (Å²) in [5.74, 6) is 4.76. The molecule has 1 nitrogen and oxygen atoms in total. The standard InChI is InChI=1S/C34H39NSi/c1-34(2)27-9-7-6-8-25(27)26-11-13-29-33(32(26)34)36(4,5)30-19-22(10-12-28(30)35(29)3)31-23-15-20-14-21(17-23)18-24(31)16-20/h6-13,19-21,23-24,31H,14-18H2,1-5H3. The predicted octanol–water partition coefficient (Wildman–Crippen LogP) is 7.44. The van der Waals surface area contributed by atoms with Crippen molar-refractivity contribution < 1.29 is 0 Å².